The molecule has 0 saturated heterocycles. The maximum absolute atomic E-state index is 13.3. The Labute approximate surface area is 646 Å². The third-order valence-corrected chi connectivity index (χ3v) is 22.6. The number of nitrogens with one attached hydrogen (secondary N) is 4. The fourth-order valence-corrected chi connectivity index (χ4v) is 15.4. The second kappa shape index (κ2) is 78.7. The number of hydrogen-bond acceptors (Lipinski definition) is 12. The summed E-state index contributed by atoms with van der Waals surface area (Å²) in [7, 11) is -9.30. The van der Waals surface area contributed by atoms with Gasteiger partial charge in [0.2, 0.25) is 23.6 Å². The fraction of sp³-hybridized carbons (Fsp3) is 0.953. The van der Waals surface area contributed by atoms with Crippen LogP contribution >= 0.6 is 15.6 Å². The molecular weight excluding hydrogens is 1360 g/mol. The van der Waals surface area contributed by atoms with Crippen LogP contribution in [-0.2, 0) is 55.9 Å². The Morgan fingerprint density at radius 1 is 0.276 bits per heavy atom. The summed E-state index contributed by atoms with van der Waals surface area (Å²) in [5, 5.41) is 11.0. The van der Waals surface area contributed by atoms with E-state index in [-0.39, 0.29) is 51.3 Å². The van der Waals surface area contributed by atoms with Crippen LogP contribution < -0.4 is 21.3 Å². The molecule has 0 aromatic heterocycles. The number of unbranched alkanes of at least 4 members (excludes halogenated alkanes) is 46. The highest BCUT2D eigenvalue weighted by atomic mass is 31.2. The van der Waals surface area contributed by atoms with Crippen LogP contribution in [0.3, 0.4) is 0 Å². The van der Waals surface area contributed by atoms with Crippen molar-refractivity contribution in [3.8, 4) is 0 Å². The molecular formula is C85H170N4O14P2. The van der Waals surface area contributed by atoms with Crippen LogP contribution in [-0.4, -0.2) is 111 Å². The maximum Gasteiger partial charge on any atom is 0.472 e. The van der Waals surface area contributed by atoms with Crippen molar-refractivity contribution in [1.29, 1.82) is 0 Å². The minimum absolute atomic E-state index is 0.110. The van der Waals surface area contributed by atoms with Crippen molar-refractivity contribution in [3.05, 3.63) is 0 Å². The number of phosphoric acid groups is 2. The molecule has 0 aromatic rings. The van der Waals surface area contributed by atoms with E-state index in [1.165, 1.54) is 308 Å². The lowest BCUT2D eigenvalue weighted by Crippen LogP contribution is -2.41. The van der Waals surface area contributed by atoms with Gasteiger partial charge in [-0.05, 0) is 37.5 Å². The van der Waals surface area contributed by atoms with Crippen LogP contribution in [0.5, 0.6) is 0 Å². The van der Waals surface area contributed by atoms with E-state index < -0.39 is 59.2 Å². The summed E-state index contributed by atoms with van der Waals surface area (Å²) in [5.74, 6) is -0.589. The Morgan fingerprint density at radius 2 is 0.505 bits per heavy atom. The highest BCUT2D eigenvalue weighted by molar-refractivity contribution is 7.47. The van der Waals surface area contributed by atoms with E-state index in [0.717, 1.165) is 64.2 Å². The van der Waals surface area contributed by atoms with E-state index in [1.807, 2.05) is 0 Å². The van der Waals surface area contributed by atoms with Gasteiger partial charge < -0.3 is 40.5 Å². The van der Waals surface area contributed by atoms with Crippen molar-refractivity contribution in [2.75, 3.05) is 65.9 Å². The summed E-state index contributed by atoms with van der Waals surface area (Å²) in [6.07, 6.45) is 71.0. The summed E-state index contributed by atoms with van der Waals surface area (Å²) in [6.45, 7) is 12.9. The zero-order valence-corrected chi connectivity index (χ0v) is 71.0. The van der Waals surface area contributed by atoms with Gasteiger partial charge >= 0.3 is 15.6 Å². The second-order valence-electron chi connectivity index (χ2n) is 31.0. The molecule has 0 aliphatic carbocycles. The van der Waals surface area contributed by atoms with Gasteiger partial charge in [0.1, 0.15) is 6.42 Å². The average molecular weight is 1530 g/mol. The van der Waals surface area contributed by atoms with E-state index in [9.17, 15) is 38.1 Å². The lowest BCUT2D eigenvalue weighted by molar-refractivity contribution is -0.129. The van der Waals surface area contributed by atoms with Crippen LogP contribution in [0.2, 0.25) is 0 Å². The predicted octanol–water partition coefficient (Wildman–Crippen LogP) is 23.6. The number of hydrogen-bond donors (Lipinski definition) is 6. The van der Waals surface area contributed by atoms with Gasteiger partial charge in [0.05, 0.1) is 51.7 Å². The average Bonchev–Trinajstić information content (AvgIpc) is 1.14. The first-order chi connectivity index (χ1) is 51.1. The zero-order chi connectivity index (χ0) is 76.9. The molecule has 0 spiro atoms. The van der Waals surface area contributed by atoms with Gasteiger partial charge in [-0.15, -0.1) is 0 Å². The molecule has 0 radical (unpaired) electrons. The number of ether oxygens (including phenoxy) is 2. The van der Waals surface area contributed by atoms with Crippen molar-refractivity contribution in [2.24, 2.45) is 11.8 Å². The Hall–Kier alpha value is -1.98. The van der Waals surface area contributed by atoms with Crippen LogP contribution in [0.15, 0.2) is 0 Å². The first-order valence-electron chi connectivity index (χ1n) is 44.6. The molecule has 624 valence electrons. The monoisotopic (exact) mass is 1530 g/mol. The molecule has 0 heterocycles. The lowest BCUT2D eigenvalue weighted by Gasteiger charge is -2.22. The predicted molar refractivity (Wildman–Crippen MR) is 438 cm³/mol. The van der Waals surface area contributed by atoms with Gasteiger partial charge in [0.25, 0.3) is 0 Å². The molecule has 0 rings (SSSR count). The van der Waals surface area contributed by atoms with Crippen molar-refractivity contribution in [3.63, 3.8) is 0 Å². The molecule has 6 atom stereocenters. The van der Waals surface area contributed by atoms with Gasteiger partial charge in [0.15, 0.2) is 0 Å². The molecule has 0 saturated carbocycles. The summed E-state index contributed by atoms with van der Waals surface area (Å²) in [4.78, 5) is 73.5. The molecule has 105 heavy (non-hydrogen) atoms. The SMILES string of the molecule is CCCCCCCCCCCCCC(=O)N[C@H](COCC[C@H](CCCCCCC)CCCCCCCCCCCC)COP(=O)(O)OCCNC(=O)CC(=O)NCCOP(=O)(O)OC[C@@H](COCC[C@@H](CCCCCCC)CCCCCCCCCCCC)NC(=O)CCCCCCCCCCCCC. The Balaban J connectivity index is 5.41. The Kier molecular flexibility index (Phi) is 77.2. The van der Waals surface area contributed by atoms with E-state index >= 15 is 0 Å². The third-order valence-electron chi connectivity index (χ3n) is 20.6. The van der Waals surface area contributed by atoms with Crippen LogP contribution in [0, 0.1) is 11.8 Å². The van der Waals surface area contributed by atoms with Crippen molar-refractivity contribution in [2.45, 2.75) is 445 Å². The molecule has 0 aliphatic rings. The minimum atomic E-state index is -4.65. The van der Waals surface area contributed by atoms with Gasteiger partial charge in [-0.1, -0.05) is 388 Å². The standard InChI is InChI=1S/C85H170N4O14P2/c1-7-13-19-25-29-33-37-41-45-51-57-63-82(90)88-80(74-98-69-65-78(59-53-47-23-17-11-5)61-55-49-43-39-35-31-27-21-15-9-3)76-102-104(94,95)100-71-67-86-84(92)73-85(93)87-68-72-101-105(96,97)103-77-81(89-83(91)64-58-52-46-42-38-34-30-26-20-14-8-2)75-99-70-66-79(60-54-48-24-18-12-6)62-56-50-44-40-36-32-28-22-16-10-4/h78-81H,7-77H2,1-6H3,(H,86,92)(H,87,93)(H,88,90)(H,89,91)(H,94,95)(H,96,97)/t78-,79+,80-,81-/m1/s1. The number of rotatable bonds is 86. The summed E-state index contributed by atoms with van der Waals surface area (Å²) in [5.41, 5.74) is 0. The third kappa shape index (κ3) is 75.8. The molecule has 6 N–H and O–H groups in total. The molecule has 0 bridgehead atoms. The highest BCUT2D eigenvalue weighted by Crippen LogP contribution is 2.44. The van der Waals surface area contributed by atoms with E-state index in [1.54, 1.807) is 0 Å². The largest absolute Gasteiger partial charge is 0.472 e. The van der Waals surface area contributed by atoms with Gasteiger partial charge in [-0.3, -0.25) is 37.3 Å². The maximum atomic E-state index is 13.3. The normalized spacial score (nSPS) is 14.0. The number of carbonyl (C=O) groups is 4. The fourth-order valence-electron chi connectivity index (χ4n) is 13.9. The smallest absolute Gasteiger partial charge is 0.379 e. The molecule has 20 heteroatoms. The van der Waals surface area contributed by atoms with Crippen LogP contribution in [0.1, 0.15) is 433 Å². The molecule has 4 amide bonds. The molecule has 0 aromatic carbocycles. The number of carbonyl (C=O) groups excluding carboxylic acids is 4. The second-order valence-corrected chi connectivity index (χ2v) is 33.9. The van der Waals surface area contributed by atoms with Gasteiger partial charge in [-0.25, -0.2) is 9.13 Å². The molecule has 18 nitrogen and oxygen atoms in total. The van der Waals surface area contributed by atoms with Crippen LogP contribution in [0.4, 0.5) is 0 Å². The number of phosphoric ester groups is 2. The lowest BCUT2D eigenvalue weighted by atomic mass is 9.91. The summed E-state index contributed by atoms with van der Waals surface area (Å²) >= 11 is 0. The quantitative estimate of drug-likeness (QED) is 0.0188. The first-order valence-corrected chi connectivity index (χ1v) is 47.6. The Morgan fingerprint density at radius 3 is 0.752 bits per heavy atom. The summed E-state index contributed by atoms with van der Waals surface area (Å²) < 4.78 is 60.0. The van der Waals surface area contributed by atoms with E-state index in [4.69, 9.17) is 27.6 Å². The van der Waals surface area contributed by atoms with E-state index in [0.29, 0.717) is 37.9 Å². The van der Waals surface area contributed by atoms with Crippen molar-refractivity contribution >= 4 is 39.3 Å². The Bertz CT molecular complexity index is 1880. The summed E-state index contributed by atoms with van der Waals surface area (Å²) in [6, 6.07) is -1.39. The number of amides is 4. The molecule has 0 aliphatic heterocycles. The highest BCUT2D eigenvalue weighted by Gasteiger charge is 2.27. The van der Waals surface area contributed by atoms with E-state index in [2.05, 4.69) is 62.8 Å². The van der Waals surface area contributed by atoms with Crippen LogP contribution in [0.25, 0.3) is 0 Å². The topological polar surface area (TPSA) is 246 Å². The van der Waals surface area contributed by atoms with Crippen molar-refractivity contribution in [1.82, 2.24) is 21.3 Å². The zero-order valence-electron chi connectivity index (χ0n) is 69.2. The molecule has 2 unspecified atom stereocenters. The molecule has 0 fully saturated rings. The van der Waals surface area contributed by atoms with Gasteiger partial charge in [0, 0.05) is 39.1 Å². The first kappa shape index (κ1) is 103. The minimum Gasteiger partial charge on any atom is -0.379 e. The van der Waals surface area contributed by atoms with Gasteiger partial charge in [-0.2, -0.15) is 0 Å². The van der Waals surface area contributed by atoms with Crippen molar-refractivity contribution < 1.29 is 65.7 Å².